The average Bonchev–Trinajstić information content (AvgIpc) is 2.94. The number of amides is 3. The molecule has 1 heterocycles. The van der Waals surface area contributed by atoms with Gasteiger partial charge < -0.3 is 10.1 Å². The molecule has 3 N–H and O–H groups in total. The monoisotopic (exact) mass is 310 g/mol. The molecule has 0 bridgehead atoms. The Bertz CT molecular complexity index is 513. The number of ether oxygens (including phenoxy) is 1. The number of esters is 1. The first-order chi connectivity index (χ1) is 10.6. The van der Waals surface area contributed by atoms with Gasteiger partial charge in [0.2, 0.25) is 0 Å². The van der Waals surface area contributed by atoms with Crippen molar-refractivity contribution in [2.24, 2.45) is 0 Å². The third-order valence-corrected chi connectivity index (χ3v) is 2.76. The van der Waals surface area contributed by atoms with Crippen molar-refractivity contribution in [3.8, 4) is 0 Å². The summed E-state index contributed by atoms with van der Waals surface area (Å²) in [6, 6.07) is 0.987. The molecule has 0 saturated heterocycles. The summed E-state index contributed by atoms with van der Waals surface area (Å²) in [6.45, 7) is 3.96. The molecule has 8 heteroatoms. The number of carbonyl (C=O) groups is 3. The highest BCUT2D eigenvalue weighted by Gasteiger charge is 2.15. The molecule has 0 atom stereocenters. The zero-order valence-corrected chi connectivity index (χ0v) is 12.9. The lowest BCUT2D eigenvalue weighted by Gasteiger charge is -2.06. The summed E-state index contributed by atoms with van der Waals surface area (Å²) in [5, 5.41) is 11.1. The number of H-pyrrole nitrogens is 1. The molecule has 0 fully saturated rings. The van der Waals surface area contributed by atoms with Crippen molar-refractivity contribution in [3.63, 3.8) is 0 Å². The maximum absolute atomic E-state index is 11.7. The number of unbranched alkanes of at least 4 members (excludes halogenated alkanes) is 1. The normalized spacial score (nSPS) is 10.1. The molecule has 0 aromatic carbocycles. The fraction of sp³-hybridized carbons (Fsp3) is 0.571. The third kappa shape index (κ3) is 6.38. The first-order valence-electron chi connectivity index (χ1n) is 7.35. The predicted molar refractivity (Wildman–Crippen MR) is 79.3 cm³/mol. The van der Waals surface area contributed by atoms with E-state index in [0.29, 0.717) is 6.54 Å². The van der Waals surface area contributed by atoms with Gasteiger partial charge in [-0.1, -0.05) is 26.7 Å². The van der Waals surface area contributed by atoms with E-state index in [1.54, 1.807) is 6.07 Å². The van der Waals surface area contributed by atoms with E-state index in [9.17, 15) is 14.4 Å². The molecular formula is C14H22N4O4. The van der Waals surface area contributed by atoms with Crippen LogP contribution in [0.5, 0.6) is 0 Å². The molecule has 0 spiro atoms. The van der Waals surface area contributed by atoms with Gasteiger partial charge in [-0.3, -0.25) is 15.2 Å². The number of aryl methyl sites for hydroxylation is 1. The highest BCUT2D eigenvalue weighted by Crippen LogP contribution is 2.03. The molecule has 0 unspecified atom stereocenters. The number of rotatable bonds is 8. The molecule has 1 aromatic heterocycles. The van der Waals surface area contributed by atoms with E-state index in [4.69, 9.17) is 4.74 Å². The number of carbonyl (C=O) groups excluding carboxylic acids is 3. The number of nitrogens with zero attached hydrogens (tertiary/aromatic N) is 1. The molecule has 0 radical (unpaired) electrons. The SMILES string of the molecule is CCCCNC(=O)NC(=O)COC(=O)c1cc(CCC)[nH]n1. The molecule has 3 amide bonds. The minimum absolute atomic E-state index is 0.114. The fourth-order valence-corrected chi connectivity index (χ4v) is 1.65. The van der Waals surface area contributed by atoms with Gasteiger partial charge in [0.05, 0.1) is 0 Å². The number of aromatic amines is 1. The molecule has 22 heavy (non-hydrogen) atoms. The van der Waals surface area contributed by atoms with E-state index in [-0.39, 0.29) is 5.69 Å². The Morgan fingerprint density at radius 3 is 2.73 bits per heavy atom. The molecule has 1 rings (SSSR count). The lowest BCUT2D eigenvalue weighted by Crippen LogP contribution is -2.41. The van der Waals surface area contributed by atoms with Gasteiger partial charge in [0.1, 0.15) is 0 Å². The van der Waals surface area contributed by atoms with Crippen LogP contribution >= 0.6 is 0 Å². The highest BCUT2D eigenvalue weighted by atomic mass is 16.5. The maximum Gasteiger partial charge on any atom is 0.359 e. The van der Waals surface area contributed by atoms with Gasteiger partial charge in [0.25, 0.3) is 5.91 Å². The van der Waals surface area contributed by atoms with Gasteiger partial charge in [-0.15, -0.1) is 0 Å². The van der Waals surface area contributed by atoms with Crippen molar-refractivity contribution in [2.75, 3.05) is 13.2 Å². The van der Waals surface area contributed by atoms with Crippen molar-refractivity contribution < 1.29 is 19.1 Å². The van der Waals surface area contributed by atoms with Crippen LogP contribution in [0.1, 0.15) is 49.3 Å². The summed E-state index contributed by atoms with van der Waals surface area (Å²) >= 11 is 0. The quantitative estimate of drug-likeness (QED) is 0.492. The summed E-state index contributed by atoms with van der Waals surface area (Å²) in [5.74, 6) is -1.40. The fourth-order valence-electron chi connectivity index (χ4n) is 1.65. The van der Waals surface area contributed by atoms with Gasteiger partial charge in [-0.25, -0.2) is 9.59 Å². The number of aromatic nitrogens is 2. The Morgan fingerprint density at radius 2 is 2.05 bits per heavy atom. The number of hydrogen-bond donors (Lipinski definition) is 3. The average molecular weight is 310 g/mol. The molecule has 0 aliphatic rings. The van der Waals surface area contributed by atoms with Crippen molar-refractivity contribution in [3.05, 3.63) is 17.5 Å². The molecule has 0 aliphatic heterocycles. The van der Waals surface area contributed by atoms with Crippen LogP contribution in [-0.2, 0) is 16.0 Å². The summed E-state index contributed by atoms with van der Waals surface area (Å²) in [7, 11) is 0. The van der Waals surface area contributed by atoms with Gasteiger partial charge in [-0.05, 0) is 18.9 Å². The largest absolute Gasteiger partial charge is 0.451 e. The van der Waals surface area contributed by atoms with Crippen molar-refractivity contribution in [1.82, 2.24) is 20.8 Å². The predicted octanol–water partition coefficient (Wildman–Crippen LogP) is 1.14. The third-order valence-electron chi connectivity index (χ3n) is 2.76. The Balaban J connectivity index is 2.30. The Labute approximate surface area is 129 Å². The van der Waals surface area contributed by atoms with Gasteiger partial charge in [0.15, 0.2) is 12.3 Å². The number of imide groups is 1. The van der Waals surface area contributed by atoms with Crippen molar-refractivity contribution >= 4 is 17.9 Å². The second kappa shape index (κ2) is 9.54. The van der Waals surface area contributed by atoms with E-state index in [2.05, 4.69) is 20.8 Å². The summed E-state index contributed by atoms with van der Waals surface area (Å²) in [5.41, 5.74) is 0.942. The maximum atomic E-state index is 11.7. The van der Waals surface area contributed by atoms with Crippen LogP contribution in [0.4, 0.5) is 4.79 Å². The lowest BCUT2D eigenvalue weighted by molar-refractivity contribution is -0.123. The number of nitrogens with one attached hydrogen (secondary N) is 3. The molecule has 1 aromatic rings. The molecule has 0 aliphatic carbocycles. The highest BCUT2D eigenvalue weighted by molar-refractivity contribution is 5.96. The zero-order chi connectivity index (χ0) is 16.4. The van der Waals surface area contributed by atoms with Crippen LogP contribution in [0.3, 0.4) is 0 Å². The smallest absolute Gasteiger partial charge is 0.359 e. The van der Waals surface area contributed by atoms with E-state index >= 15 is 0 Å². The Hall–Kier alpha value is -2.38. The standard InChI is InChI=1S/C14H22N4O4/c1-3-5-7-15-14(21)16-12(19)9-22-13(20)11-8-10(6-4-2)17-18-11/h8H,3-7,9H2,1-2H3,(H,17,18)(H2,15,16,19,21). The van der Waals surface area contributed by atoms with Gasteiger partial charge >= 0.3 is 12.0 Å². The minimum atomic E-state index is -0.708. The minimum Gasteiger partial charge on any atom is -0.451 e. The Morgan fingerprint density at radius 1 is 1.27 bits per heavy atom. The van der Waals surface area contributed by atoms with Crippen LogP contribution < -0.4 is 10.6 Å². The summed E-state index contributed by atoms with van der Waals surface area (Å²) in [4.78, 5) is 34.4. The first kappa shape index (κ1) is 17.7. The molecular weight excluding hydrogens is 288 g/mol. The van der Waals surface area contributed by atoms with Gasteiger partial charge in [-0.2, -0.15) is 5.10 Å². The van der Waals surface area contributed by atoms with Crippen molar-refractivity contribution in [2.45, 2.75) is 39.5 Å². The number of urea groups is 1. The second-order valence-electron chi connectivity index (χ2n) is 4.76. The van der Waals surface area contributed by atoms with E-state index in [1.807, 2.05) is 13.8 Å². The van der Waals surface area contributed by atoms with E-state index < -0.39 is 24.5 Å². The van der Waals surface area contributed by atoms with Crippen molar-refractivity contribution in [1.29, 1.82) is 0 Å². The van der Waals surface area contributed by atoms with Crippen LogP contribution in [0.15, 0.2) is 6.07 Å². The Kier molecular flexibility index (Phi) is 7.66. The number of hydrogen-bond acceptors (Lipinski definition) is 5. The first-order valence-corrected chi connectivity index (χ1v) is 7.35. The topological polar surface area (TPSA) is 113 Å². The van der Waals surface area contributed by atoms with E-state index in [0.717, 1.165) is 31.4 Å². The van der Waals surface area contributed by atoms with Crippen LogP contribution in [0, 0.1) is 0 Å². The molecule has 0 saturated carbocycles. The summed E-state index contributed by atoms with van der Waals surface area (Å²) < 4.78 is 4.79. The van der Waals surface area contributed by atoms with Crippen LogP contribution in [-0.4, -0.2) is 41.3 Å². The van der Waals surface area contributed by atoms with E-state index in [1.165, 1.54) is 0 Å². The molecule has 8 nitrogen and oxygen atoms in total. The van der Waals surface area contributed by atoms with Crippen LogP contribution in [0.2, 0.25) is 0 Å². The van der Waals surface area contributed by atoms with Gasteiger partial charge in [0, 0.05) is 12.2 Å². The lowest BCUT2D eigenvalue weighted by atomic mass is 10.2. The zero-order valence-electron chi connectivity index (χ0n) is 12.9. The van der Waals surface area contributed by atoms with Crippen LogP contribution in [0.25, 0.3) is 0 Å². The molecule has 122 valence electrons. The summed E-state index contributed by atoms with van der Waals surface area (Å²) in [6.07, 6.45) is 3.47. The second-order valence-corrected chi connectivity index (χ2v) is 4.76.